The van der Waals surface area contributed by atoms with Crippen LogP contribution >= 0.6 is 0 Å². The molecule has 7 nitrogen and oxygen atoms in total. The third kappa shape index (κ3) is 3.31. The van der Waals surface area contributed by atoms with Gasteiger partial charge in [0.25, 0.3) is 5.56 Å². The minimum Gasteiger partial charge on any atom is -0.462 e. The van der Waals surface area contributed by atoms with Crippen molar-refractivity contribution in [3.05, 3.63) is 33.7 Å². The number of piperazine rings is 1. The van der Waals surface area contributed by atoms with E-state index < -0.39 is 0 Å². The van der Waals surface area contributed by atoms with E-state index in [2.05, 4.69) is 21.8 Å². The first kappa shape index (κ1) is 18.4. The average molecular weight is 358 g/mol. The second-order valence-electron chi connectivity index (χ2n) is 6.63. The lowest BCUT2D eigenvalue weighted by atomic mass is 10.1. The first-order chi connectivity index (χ1) is 12.5. The Bertz CT molecular complexity index is 882. The van der Waals surface area contributed by atoms with Crippen molar-refractivity contribution in [2.45, 2.75) is 27.3 Å². The molecule has 140 valence electrons. The Morgan fingerprint density at radius 2 is 1.88 bits per heavy atom. The molecule has 0 atom stereocenters. The molecule has 0 N–H and O–H groups in total. The van der Waals surface area contributed by atoms with Gasteiger partial charge in [0.05, 0.1) is 23.2 Å². The lowest BCUT2D eigenvalue weighted by Crippen LogP contribution is -2.45. The van der Waals surface area contributed by atoms with Crippen molar-refractivity contribution in [2.24, 2.45) is 0 Å². The highest BCUT2D eigenvalue weighted by Crippen LogP contribution is 2.29. The van der Waals surface area contributed by atoms with Crippen LogP contribution in [-0.2, 0) is 11.3 Å². The molecule has 0 radical (unpaired) electrons. The Kier molecular flexibility index (Phi) is 5.27. The summed E-state index contributed by atoms with van der Waals surface area (Å²) in [5.74, 6) is -0.375. The van der Waals surface area contributed by atoms with Gasteiger partial charge in [-0.2, -0.15) is 0 Å². The zero-order valence-corrected chi connectivity index (χ0v) is 15.9. The molecule has 0 amide bonds. The fraction of sp³-hybridized carbons (Fsp3) is 0.526. The molecule has 1 aliphatic rings. The van der Waals surface area contributed by atoms with Crippen LogP contribution < -0.4 is 10.5 Å². The van der Waals surface area contributed by atoms with Gasteiger partial charge in [0.1, 0.15) is 5.65 Å². The van der Waals surface area contributed by atoms with E-state index >= 15 is 0 Å². The second kappa shape index (κ2) is 7.45. The van der Waals surface area contributed by atoms with E-state index in [9.17, 15) is 9.59 Å². The topological polar surface area (TPSA) is 67.7 Å². The summed E-state index contributed by atoms with van der Waals surface area (Å²) < 4.78 is 6.89. The molecule has 7 heteroatoms. The number of esters is 1. The molecule has 0 saturated carbocycles. The third-order valence-electron chi connectivity index (χ3n) is 4.82. The van der Waals surface area contributed by atoms with Gasteiger partial charge in [-0.15, -0.1) is 0 Å². The quantitative estimate of drug-likeness (QED) is 0.775. The number of rotatable bonds is 4. The zero-order valence-electron chi connectivity index (χ0n) is 15.9. The zero-order chi connectivity index (χ0) is 18.8. The number of nitrogens with zero attached hydrogens (tertiary/aromatic N) is 4. The number of carbonyl (C=O) groups excluding carboxylic acids is 1. The minimum atomic E-state index is -0.375. The first-order valence-corrected chi connectivity index (χ1v) is 9.12. The Balaban J connectivity index is 2.29. The number of fused-ring (bicyclic) bond motifs is 1. The fourth-order valence-electron chi connectivity index (χ4n) is 3.45. The lowest BCUT2D eigenvalue weighted by molar-refractivity contribution is 0.0528. The number of pyridine rings is 2. The second-order valence-corrected chi connectivity index (χ2v) is 6.63. The molecule has 1 saturated heterocycles. The number of aromatic nitrogens is 2. The predicted octanol–water partition coefficient (Wildman–Crippen LogP) is 1.65. The van der Waals surface area contributed by atoms with Crippen molar-refractivity contribution < 1.29 is 9.53 Å². The van der Waals surface area contributed by atoms with Gasteiger partial charge >= 0.3 is 5.97 Å². The van der Waals surface area contributed by atoms with Crippen LogP contribution in [-0.4, -0.2) is 60.3 Å². The molecule has 1 fully saturated rings. The molecule has 2 aromatic rings. The molecular weight excluding hydrogens is 332 g/mol. The fourth-order valence-corrected chi connectivity index (χ4v) is 3.45. The molecule has 0 unspecified atom stereocenters. The maximum absolute atomic E-state index is 12.7. The van der Waals surface area contributed by atoms with Gasteiger partial charge in [-0.05, 0) is 33.9 Å². The first-order valence-electron chi connectivity index (χ1n) is 9.12. The van der Waals surface area contributed by atoms with Crippen molar-refractivity contribution in [2.75, 3.05) is 44.7 Å². The number of carbonyl (C=O) groups is 1. The maximum atomic E-state index is 12.7. The Hall–Kier alpha value is -2.41. The summed E-state index contributed by atoms with van der Waals surface area (Å²) in [5, 5.41) is 0.708. The van der Waals surface area contributed by atoms with Crippen LogP contribution in [0.15, 0.2) is 16.9 Å². The summed E-state index contributed by atoms with van der Waals surface area (Å²) in [6.45, 7) is 9.75. The van der Waals surface area contributed by atoms with Gasteiger partial charge in [0.15, 0.2) is 0 Å². The van der Waals surface area contributed by atoms with Crippen molar-refractivity contribution in [1.29, 1.82) is 0 Å². The van der Waals surface area contributed by atoms with Gasteiger partial charge in [-0.3, -0.25) is 9.36 Å². The molecule has 3 heterocycles. The average Bonchev–Trinajstić information content (AvgIpc) is 2.61. The van der Waals surface area contributed by atoms with Crippen LogP contribution in [0.4, 0.5) is 5.69 Å². The molecule has 2 aromatic heterocycles. The van der Waals surface area contributed by atoms with Gasteiger partial charge < -0.3 is 14.5 Å². The standard InChI is InChI=1S/C19H26N4O3/c1-5-23-16(24)12-15(22-9-7-21(4)8-10-22)17-14(19(25)26-6-2)11-13(3)20-18(17)23/h11-12H,5-10H2,1-4H3. The van der Waals surface area contributed by atoms with Crippen molar-refractivity contribution in [1.82, 2.24) is 14.5 Å². The summed E-state index contributed by atoms with van der Waals surface area (Å²) in [5.41, 5.74) is 2.40. The number of hydrogen-bond acceptors (Lipinski definition) is 6. The number of anilines is 1. The summed E-state index contributed by atoms with van der Waals surface area (Å²) in [6.07, 6.45) is 0. The van der Waals surface area contributed by atoms with E-state index in [1.54, 1.807) is 23.6 Å². The van der Waals surface area contributed by atoms with Crippen LogP contribution in [0.1, 0.15) is 29.9 Å². The highest BCUT2D eigenvalue weighted by Gasteiger charge is 2.24. The molecule has 26 heavy (non-hydrogen) atoms. The number of hydrogen-bond donors (Lipinski definition) is 0. The largest absolute Gasteiger partial charge is 0.462 e. The van der Waals surface area contributed by atoms with Crippen molar-refractivity contribution >= 4 is 22.7 Å². The molecule has 0 aromatic carbocycles. The third-order valence-corrected chi connectivity index (χ3v) is 4.82. The van der Waals surface area contributed by atoms with E-state index in [0.29, 0.717) is 35.4 Å². The lowest BCUT2D eigenvalue weighted by Gasteiger charge is -2.35. The maximum Gasteiger partial charge on any atom is 0.339 e. The van der Waals surface area contributed by atoms with Gasteiger partial charge in [0.2, 0.25) is 0 Å². The molecular formula is C19H26N4O3. The molecule has 1 aliphatic heterocycles. The molecule has 0 spiro atoms. The van der Waals surface area contributed by atoms with Gasteiger partial charge in [-0.25, -0.2) is 9.78 Å². The van der Waals surface area contributed by atoms with E-state index in [-0.39, 0.29) is 11.5 Å². The Morgan fingerprint density at radius 3 is 2.50 bits per heavy atom. The van der Waals surface area contributed by atoms with Crippen LogP contribution in [0.3, 0.4) is 0 Å². The number of ether oxygens (including phenoxy) is 1. The van der Waals surface area contributed by atoms with Crippen LogP contribution in [0.2, 0.25) is 0 Å². The highest BCUT2D eigenvalue weighted by molar-refractivity contribution is 6.08. The molecule has 0 bridgehead atoms. The highest BCUT2D eigenvalue weighted by atomic mass is 16.5. The summed E-state index contributed by atoms with van der Waals surface area (Å²) >= 11 is 0. The summed E-state index contributed by atoms with van der Waals surface area (Å²) in [7, 11) is 2.08. The van der Waals surface area contributed by atoms with Gasteiger partial charge in [-0.1, -0.05) is 0 Å². The minimum absolute atomic E-state index is 0.0955. The van der Waals surface area contributed by atoms with Crippen LogP contribution in [0.5, 0.6) is 0 Å². The van der Waals surface area contributed by atoms with E-state index in [1.165, 1.54) is 0 Å². The predicted molar refractivity (Wildman–Crippen MR) is 102 cm³/mol. The Labute approximate surface area is 153 Å². The normalized spacial score (nSPS) is 15.5. The van der Waals surface area contributed by atoms with E-state index in [4.69, 9.17) is 4.74 Å². The summed E-state index contributed by atoms with van der Waals surface area (Å²) in [4.78, 5) is 34.3. The number of aryl methyl sites for hydroxylation is 2. The summed E-state index contributed by atoms with van der Waals surface area (Å²) in [6, 6.07) is 3.39. The van der Waals surface area contributed by atoms with Crippen molar-refractivity contribution in [3.63, 3.8) is 0 Å². The smallest absolute Gasteiger partial charge is 0.339 e. The van der Waals surface area contributed by atoms with Crippen LogP contribution in [0.25, 0.3) is 11.0 Å². The molecule has 0 aliphatic carbocycles. The van der Waals surface area contributed by atoms with Crippen LogP contribution in [0, 0.1) is 6.92 Å². The van der Waals surface area contributed by atoms with E-state index in [1.807, 2.05) is 13.8 Å². The Morgan fingerprint density at radius 1 is 1.19 bits per heavy atom. The van der Waals surface area contributed by atoms with Crippen molar-refractivity contribution in [3.8, 4) is 0 Å². The number of likely N-dealkylation sites (N-methyl/N-ethyl adjacent to an activating group) is 1. The van der Waals surface area contributed by atoms with Gasteiger partial charge in [0, 0.05) is 44.5 Å². The SMILES string of the molecule is CCOC(=O)c1cc(C)nc2c1c(N1CCN(C)CC1)cc(=O)n2CC. The molecule has 3 rings (SSSR count). The monoisotopic (exact) mass is 358 g/mol. The van der Waals surface area contributed by atoms with E-state index in [0.717, 1.165) is 31.9 Å².